The summed E-state index contributed by atoms with van der Waals surface area (Å²) in [6, 6.07) is 25.4. The lowest BCUT2D eigenvalue weighted by molar-refractivity contribution is -0.139. The lowest BCUT2D eigenvalue weighted by atomic mass is 9.85. The van der Waals surface area contributed by atoms with E-state index in [9.17, 15) is 14.7 Å². The number of nitrogens with zero attached hydrogens (tertiary/aromatic N) is 1. The SMILES string of the molecule is N#Cc1ccc(C(=O)N[C@H](C(=O)O)C(c2ccccc2)c2ccccc2)cc1. The van der Waals surface area contributed by atoms with E-state index in [-0.39, 0.29) is 0 Å². The number of rotatable bonds is 6. The van der Waals surface area contributed by atoms with Gasteiger partial charge in [0.05, 0.1) is 11.6 Å². The molecule has 3 aromatic carbocycles. The van der Waals surface area contributed by atoms with Crippen LogP contribution < -0.4 is 5.32 Å². The van der Waals surface area contributed by atoms with Crippen LogP contribution >= 0.6 is 0 Å². The summed E-state index contributed by atoms with van der Waals surface area (Å²) >= 11 is 0. The minimum absolute atomic E-state index is 0.296. The van der Waals surface area contributed by atoms with E-state index in [1.165, 1.54) is 24.3 Å². The Morgan fingerprint density at radius 2 is 1.32 bits per heavy atom. The van der Waals surface area contributed by atoms with Crippen molar-refractivity contribution in [3.63, 3.8) is 0 Å². The van der Waals surface area contributed by atoms with Gasteiger partial charge in [0.1, 0.15) is 6.04 Å². The molecule has 0 fully saturated rings. The van der Waals surface area contributed by atoms with Crippen LogP contribution in [0.1, 0.15) is 33.0 Å². The molecular formula is C23H18N2O3. The number of carboxylic acid groups (broad SMARTS) is 1. The van der Waals surface area contributed by atoms with Gasteiger partial charge in [0.25, 0.3) is 5.91 Å². The zero-order valence-corrected chi connectivity index (χ0v) is 14.9. The standard InChI is InChI=1S/C23H18N2O3/c24-15-16-11-13-19(14-12-16)22(26)25-21(23(27)28)20(17-7-3-1-4-8-17)18-9-5-2-6-10-18/h1-14,20-21H,(H,25,26)(H,27,28)/t21-/m0/s1. The first kappa shape index (κ1) is 18.9. The molecule has 0 saturated heterocycles. The topological polar surface area (TPSA) is 90.2 Å². The first-order valence-corrected chi connectivity index (χ1v) is 8.74. The predicted molar refractivity (Wildman–Crippen MR) is 105 cm³/mol. The van der Waals surface area contributed by atoms with Crippen LogP contribution in [0.3, 0.4) is 0 Å². The van der Waals surface area contributed by atoms with Gasteiger partial charge in [0.15, 0.2) is 0 Å². The van der Waals surface area contributed by atoms with Crippen molar-refractivity contribution in [3.05, 3.63) is 107 Å². The number of aliphatic carboxylic acids is 1. The summed E-state index contributed by atoms with van der Waals surface area (Å²) < 4.78 is 0. The second-order valence-electron chi connectivity index (χ2n) is 6.28. The minimum Gasteiger partial charge on any atom is -0.480 e. The average molecular weight is 370 g/mol. The van der Waals surface area contributed by atoms with Crippen LogP contribution in [0.15, 0.2) is 84.9 Å². The molecule has 1 atom stereocenters. The monoisotopic (exact) mass is 370 g/mol. The number of nitriles is 1. The summed E-state index contributed by atoms with van der Waals surface area (Å²) in [5.41, 5.74) is 2.31. The number of carbonyl (C=O) groups is 2. The third-order valence-corrected chi connectivity index (χ3v) is 4.48. The van der Waals surface area contributed by atoms with E-state index in [4.69, 9.17) is 5.26 Å². The fourth-order valence-corrected chi connectivity index (χ4v) is 3.11. The van der Waals surface area contributed by atoms with E-state index < -0.39 is 23.8 Å². The molecule has 0 aliphatic heterocycles. The first-order valence-electron chi connectivity index (χ1n) is 8.74. The van der Waals surface area contributed by atoms with E-state index in [0.717, 1.165) is 11.1 Å². The van der Waals surface area contributed by atoms with Gasteiger partial charge in [-0.3, -0.25) is 4.79 Å². The highest BCUT2D eigenvalue weighted by molar-refractivity contribution is 5.97. The molecule has 0 saturated carbocycles. The third kappa shape index (κ3) is 4.25. The lowest BCUT2D eigenvalue weighted by Crippen LogP contribution is -2.45. The zero-order valence-electron chi connectivity index (χ0n) is 14.9. The molecule has 5 nitrogen and oxygen atoms in total. The molecule has 1 amide bonds. The number of benzene rings is 3. The van der Waals surface area contributed by atoms with Gasteiger partial charge in [-0.15, -0.1) is 0 Å². The molecule has 3 rings (SSSR count). The van der Waals surface area contributed by atoms with Crippen molar-refractivity contribution in [2.24, 2.45) is 0 Å². The number of nitrogens with one attached hydrogen (secondary N) is 1. The molecule has 0 aliphatic carbocycles. The normalized spacial score (nSPS) is 11.4. The first-order chi connectivity index (χ1) is 13.6. The Hall–Kier alpha value is -3.91. The van der Waals surface area contributed by atoms with E-state index in [1.807, 2.05) is 66.7 Å². The van der Waals surface area contributed by atoms with Gasteiger partial charge in [-0.2, -0.15) is 5.26 Å². The van der Waals surface area contributed by atoms with Gasteiger partial charge in [0, 0.05) is 11.5 Å². The molecule has 138 valence electrons. The van der Waals surface area contributed by atoms with Crippen molar-refractivity contribution in [1.29, 1.82) is 5.26 Å². The number of hydrogen-bond donors (Lipinski definition) is 2. The Balaban J connectivity index is 1.96. The van der Waals surface area contributed by atoms with Gasteiger partial charge < -0.3 is 10.4 Å². The maximum absolute atomic E-state index is 12.7. The summed E-state index contributed by atoms with van der Waals surface area (Å²) in [4.78, 5) is 24.8. The molecular weight excluding hydrogens is 352 g/mol. The van der Waals surface area contributed by atoms with Crippen LogP contribution in [-0.2, 0) is 4.79 Å². The molecule has 0 spiro atoms. The number of amides is 1. The molecule has 28 heavy (non-hydrogen) atoms. The number of hydrogen-bond acceptors (Lipinski definition) is 3. The molecule has 0 radical (unpaired) electrons. The highest BCUT2D eigenvalue weighted by atomic mass is 16.4. The fraction of sp³-hybridized carbons (Fsp3) is 0.0870. The van der Waals surface area contributed by atoms with Gasteiger partial charge in [0.2, 0.25) is 0 Å². The van der Waals surface area contributed by atoms with Crippen molar-refractivity contribution in [2.45, 2.75) is 12.0 Å². The average Bonchev–Trinajstić information content (AvgIpc) is 2.74. The van der Waals surface area contributed by atoms with Gasteiger partial charge in [-0.05, 0) is 35.4 Å². The molecule has 0 aromatic heterocycles. The molecule has 0 aliphatic rings. The lowest BCUT2D eigenvalue weighted by Gasteiger charge is -2.26. The quantitative estimate of drug-likeness (QED) is 0.694. The van der Waals surface area contributed by atoms with Crippen molar-refractivity contribution in [2.75, 3.05) is 0 Å². The Bertz CT molecular complexity index is 954. The largest absolute Gasteiger partial charge is 0.480 e. The molecule has 0 heterocycles. The summed E-state index contributed by atoms with van der Waals surface area (Å²) in [5.74, 6) is -2.18. The Kier molecular flexibility index (Phi) is 5.83. The van der Waals surface area contributed by atoms with Crippen LogP contribution in [0.4, 0.5) is 0 Å². The maximum atomic E-state index is 12.7. The van der Waals surface area contributed by atoms with Crippen molar-refractivity contribution in [3.8, 4) is 6.07 Å². The van der Waals surface area contributed by atoms with E-state index in [2.05, 4.69) is 5.32 Å². The Morgan fingerprint density at radius 3 is 1.75 bits per heavy atom. The maximum Gasteiger partial charge on any atom is 0.327 e. The van der Waals surface area contributed by atoms with Crippen LogP contribution in [0.2, 0.25) is 0 Å². The minimum atomic E-state index is -1.16. The van der Waals surface area contributed by atoms with Gasteiger partial charge >= 0.3 is 5.97 Å². The fourth-order valence-electron chi connectivity index (χ4n) is 3.11. The second kappa shape index (κ2) is 8.65. The third-order valence-electron chi connectivity index (χ3n) is 4.48. The van der Waals surface area contributed by atoms with Gasteiger partial charge in [-0.25, -0.2) is 4.79 Å². The van der Waals surface area contributed by atoms with E-state index in [0.29, 0.717) is 11.1 Å². The Morgan fingerprint density at radius 1 is 0.821 bits per heavy atom. The highest BCUT2D eigenvalue weighted by Gasteiger charge is 2.32. The summed E-state index contributed by atoms with van der Waals surface area (Å²) in [6.07, 6.45) is 0. The highest BCUT2D eigenvalue weighted by Crippen LogP contribution is 2.28. The number of carbonyl (C=O) groups excluding carboxylic acids is 1. The van der Waals surface area contributed by atoms with Gasteiger partial charge in [-0.1, -0.05) is 60.7 Å². The van der Waals surface area contributed by atoms with E-state index >= 15 is 0 Å². The predicted octanol–water partition coefficient (Wildman–Crippen LogP) is 3.57. The molecule has 0 unspecified atom stereocenters. The molecule has 5 heteroatoms. The van der Waals surface area contributed by atoms with Crippen LogP contribution in [0.25, 0.3) is 0 Å². The molecule has 0 bridgehead atoms. The van der Waals surface area contributed by atoms with Crippen molar-refractivity contribution in [1.82, 2.24) is 5.32 Å². The number of carboxylic acids is 1. The molecule has 2 N–H and O–H groups in total. The van der Waals surface area contributed by atoms with E-state index in [1.54, 1.807) is 0 Å². The van der Waals surface area contributed by atoms with Crippen LogP contribution in [0.5, 0.6) is 0 Å². The zero-order chi connectivity index (χ0) is 19.9. The summed E-state index contributed by atoms with van der Waals surface area (Å²) in [5, 5.41) is 21.4. The second-order valence-corrected chi connectivity index (χ2v) is 6.28. The summed E-state index contributed by atoms with van der Waals surface area (Å²) in [7, 11) is 0. The summed E-state index contributed by atoms with van der Waals surface area (Å²) in [6.45, 7) is 0. The van der Waals surface area contributed by atoms with Crippen molar-refractivity contribution < 1.29 is 14.7 Å². The smallest absolute Gasteiger partial charge is 0.327 e. The Labute approximate surface area is 162 Å². The van der Waals surface area contributed by atoms with Crippen LogP contribution in [0, 0.1) is 11.3 Å². The van der Waals surface area contributed by atoms with Crippen molar-refractivity contribution >= 4 is 11.9 Å². The molecule has 3 aromatic rings. The van der Waals surface area contributed by atoms with Crippen LogP contribution in [-0.4, -0.2) is 23.0 Å².